The van der Waals surface area contributed by atoms with Crippen LogP contribution < -0.4 is 11.1 Å². The van der Waals surface area contributed by atoms with Crippen LogP contribution in [0.4, 0.5) is 4.79 Å². The predicted octanol–water partition coefficient (Wildman–Crippen LogP) is 0.470. The van der Waals surface area contributed by atoms with Gasteiger partial charge in [0.05, 0.1) is 0 Å². The molecule has 1 rings (SSSR count). The molecule has 4 heteroatoms. The molecule has 2 unspecified atom stereocenters. The molecule has 1 saturated carbocycles. The highest BCUT2D eigenvalue weighted by Gasteiger charge is 2.28. The molecule has 0 aromatic rings. The number of carbonyl (C=O) groups excluding carboxylic acids is 1. The van der Waals surface area contributed by atoms with Gasteiger partial charge in [0, 0.05) is 13.0 Å². The summed E-state index contributed by atoms with van der Waals surface area (Å²) in [6, 6.07) is 0. The molecule has 0 aromatic carbocycles. The molecule has 0 aliphatic heterocycles. The largest absolute Gasteiger partial charge is 0.446 e. The van der Waals surface area contributed by atoms with Gasteiger partial charge >= 0.3 is 6.09 Å². The van der Waals surface area contributed by atoms with E-state index in [2.05, 4.69) is 5.32 Å². The number of rotatable bonds is 2. The second kappa shape index (κ2) is 4.30. The summed E-state index contributed by atoms with van der Waals surface area (Å²) < 4.78 is 5.13. The highest BCUT2D eigenvalue weighted by molar-refractivity contribution is 5.66. The standard InChI is InChI=1S/C8H16N2O2/c1-10-8(11)12-7-4-2-3-6(7)5-9/h6-7H,2-5,9H2,1H3,(H,10,11). The average molecular weight is 172 g/mol. The maximum Gasteiger partial charge on any atom is 0.407 e. The topological polar surface area (TPSA) is 64.3 Å². The highest BCUT2D eigenvalue weighted by atomic mass is 16.6. The van der Waals surface area contributed by atoms with Crippen molar-refractivity contribution in [2.75, 3.05) is 13.6 Å². The van der Waals surface area contributed by atoms with E-state index in [9.17, 15) is 4.79 Å². The quantitative estimate of drug-likeness (QED) is 0.636. The summed E-state index contributed by atoms with van der Waals surface area (Å²) in [5, 5.41) is 2.43. The fourth-order valence-electron chi connectivity index (χ4n) is 1.62. The van der Waals surface area contributed by atoms with Crippen LogP contribution in [0, 0.1) is 5.92 Å². The van der Waals surface area contributed by atoms with Crippen molar-refractivity contribution in [1.82, 2.24) is 5.32 Å². The molecule has 12 heavy (non-hydrogen) atoms. The van der Waals surface area contributed by atoms with Gasteiger partial charge in [0.1, 0.15) is 6.10 Å². The van der Waals surface area contributed by atoms with E-state index in [1.54, 1.807) is 7.05 Å². The molecule has 1 aliphatic carbocycles. The molecule has 1 fully saturated rings. The molecule has 0 aromatic heterocycles. The summed E-state index contributed by atoms with van der Waals surface area (Å²) in [6.45, 7) is 0.613. The first-order valence-corrected chi connectivity index (χ1v) is 4.36. The van der Waals surface area contributed by atoms with Crippen molar-refractivity contribution in [2.24, 2.45) is 11.7 Å². The molecule has 2 atom stereocenters. The Labute approximate surface area is 72.5 Å². The molecular weight excluding hydrogens is 156 g/mol. The Morgan fingerprint density at radius 2 is 2.42 bits per heavy atom. The molecule has 3 N–H and O–H groups in total. The zero-order valence-electron chi connectivity index (χ0n) is 7.38. The van der Waals surface area contributed by atoms with Crippen molar-refractivity contribution in [3.8, 4) is 0 Å². The molecule has 0 saturated heterocycles. The average Bonchev–Trinajstić information content (AvgIpc) is 2.51. The van der Waals surface area contributed by atoms with Crippen molar-refractivity contribution >= 4 is 6.09 Å². The molecular formula is C8H16N2O2. The lowest BCUT2D eigenvalue weighted by atomic mass is 10.1. The van der Waals surface area contributed by atoms with Gasteiger partial charge in [-0.15, -0.1) is 0 Å². The lowest BCUT2D eigenvalue weighted by Crippen LogP contribution is -2.31. The third-order valence-corrected chi connectivity index (χ3v) is 2.35. The fourth-order valence-corrected chi connectivity index (χ4v) is 1.62. The first-order chi connectivity index (χ1) is 5.77. The smallest absolute Gasteiger partial charge is 0.407 e. The number of nitrogens with one attached hydrogen (secondary N) is 1. The molecule has 0 spiro atoms. The van der Waals surface area contributed by atoms with Gasteiger partial charge in [0.25, 0.3) is 0 Å². The Kier molecular flexibility index (Phi) is 3.34. The Hall–Kier alpha value is -0.770. The third kappa shape index (κ3) is 2.11. The number of carbonyl (C=O) groups is 1. The van der Waals surface area contributed by atoms with Crippen LogP contribution in [0.1, 0.15) is 19.3 Å². The monoisotopic (exact) mass is 172 g/mol. The number of amides is 1. The molecule has 0 heterocycles. The van der Waals surface area contributed by atoms with Crippen LogP contribution in [-0.4, -0.2) is 25.8 Å². The summed E-state index contributed by atoms with van der Waals surface area (Å²) in [6.07, 6.45) is 2.84. The van der Waals surface area contributed by atoms with Gasteiger partial charge < -0.3 is 15.8 Å². The van der Waals surface area contributed by atoms with Crippen LogP contribution in [0.3, 0.4) is 0 Å². The van der Waals surface area contributed by atoms with Crippen LogP contribution in [0.2, 0.25) is 0 Å². The number of ether oxygens (including phenoxy) is 1. The number of alkyl carbamates (subject to hydrolysis) is 1. The molecule has 0 bridgehead atoms. The Balaban J connectivity index is 2.35. The lowest BCUT2D eigenvalue weighted by molar-refractivity contribution is 0.0793. The van der Waals surface area contributed by atoms with Crippen molar-refractivity contribution < 1.29 is 9.53 Å². The van der Waals surface area contributed by atoms with E-state index < -0.39 is 0 Å². The summed E-state index contributed by atoms with van der Waals surface area (Å²) in [5.41, 5.74) is 5.53. The summed E-state index contributed by atoms with van der Waals surface area (Å²) in [7, 11) is 1.56. The van der Waals surface area contributed by atoms with Crippen LogP contribution in [0.5, 0.6) is 0 Å². The van der Waals surface area contributed by atoms with Crippen molar-refractivity contribution in [1.29, 1.82) is 0 Å². The minimum absolute atomic E-state index is 0.0370. The molecule has 4 nitrogen and oxygen atoms in total. The van der Waals surface area contributed by atoms with Crippen molar-refractivity contribution in [3.05, 3.63) is 0 Å². The number of nitrogens with two attached hydrogens (primary N) is 1. The zero-order chi connectivity index (χ0) is 8.97. The maximum atomic E-state index is 10.9. The Morgan fingerprint density at radius 3 is 3.00 bits per heavy atom. The van der Waals surface area contributed by atoms with Crippen LogP contribution in [0.25, 0.3) is 0 Å². The van der Waals surface area contributed by atoms with E-state index in [1.807, 2.05) is 0 Å². The molecule has 0 radical (unpaired) electrons. The second-order valence-electron chi connectivity index (χ2n) is 3.12. The van der Waals surface area contributed by atoms with Gasteiger partial charge in [0.15, 0.2) is 0 Å². The van der Waals surface area contributed by atoms with Crippen LogP contribution in [0.15, 0.2) is 0 Å². The van der Waals surface area contributed by atoms with Gasteiger partial charge in [-0.3, -0.25) is 0 Å². The van der Waals surface area contributed by atoms with Crippen LogP contribution in [-0.2, 0) is 4.74 Å². The van der Waals surface area contributed by atoms with Gasteiger partial charge in [0.2, 0.25) is 0 Å². The lowest BCUT2D eigenvalue weighted by Gasteiger charge is -2.17. The molecule has 1 aliphatic rings. The van der Waals surface area contributed by atoms with E-state index in [-0.39, 0.29) is 12.2 Å². The minimum atomic E-state index is -0.347. The normalized spacial score (nSPS) is 28.5. The third-order valence-electron chi connectivity index (χ3n) is 2.35. The number of hydrogen-bond acceptors (Lipinski definition) is 3. The SMILES string of the molecule is CNC(=O)OC1CCCC1CN. The molecule has 1 amide bonds. The fraction of sp³-hybridized carbons (Fsp3) is 0.875. The van der Waals surface area contributed by atoms with Gasteiger partial charge in [-0.05, 0) is 25.8 Å². The van der Waals surface area contributed by atoms with E-state index in [1.165, 1.54) is 0 Å². The van der Waals surface area contributed by atoms with Crippen molar-refractivity contribution in [2.45, 2.75) is 25.4 Å². The minimum Gasteiger partial charge on any atom is -0.446 e. The summed E-state index contributed by atoms with van der Waals surface area (Å²) in [4.78, 5) is 10.9. The van der Waals surface area contributed by atoms with Gasteiger partial charge in [-0.1, -0.05) is 0 Å². The second-order valence-corrected chi connectivity index (χ2v) is 3.12. The number of hydrogen-bond donors (Lipinski definition) is 2. The highest BCUT2D eigenvalue weighted by Crippen LogP contribution is 2.27. The van der Waals surface area contributed by atoms with Gasteiger partial charge in [-0.2, -0.15) is 0 Å². The first-order valence-electron chi connectivity index (χ1n) is 4.36. The van der Waals surface area contributed by atoms with Gasteiger partial charge in [-0.25, -0.2) is 4.79 Å². The zero-order valence-corrected chi connectivity index (χ0v) is 7.38. The van der Waals surface area contributed by atoms with E-state index in [4.69, 9.17) is 10.5 Å². The summed E-state index contributed by atoms with van der Waals surface area (Å²) >= 11 is 0. The van der Waals surface area contributed by atoms with E-state index >= 15 is 0 Å². The maximum absolute atomic E-state index is 10.9. The molecule has 70 valence electrons. The van der Waals surface area contributed by atoms with Crippen molar-refractivity contribution in [3.63, 3.8) is 0 Å². The Morgan fingerprint density at radius 1 is 1.67 bits per heavy atom. The van der Waals surface area contributed by atoms with E-state index in [0.29, 0.717) is 12.5 Å². The van der Waals surface area contributed by atoms with Crippen LogP contribution >= 0.6 is 0 Å². The Bertz CT molecular complexity index is 161. The summed E-state index contributed by atoms with van der Waals surface area (Å²) in [5.74, 6) is 0.363. The predicted molar refractivity (Wildman–Crippen MR) is 45.7 cm³/mol. The van der Waals surface area contributed by atoms with E-state index in [0.717, 1.165) is 19.3 Å². The first kappa shape index (κ1) is 9.32.